The number of aromatic nitrogens is 2. The third-order valence-electron chi connectivity index (χ3n) is 1.77. The van der Waals surface area contributed by atoms with Gasteiger partial charge in [-0.25, -0.2) is 4.79 Å². The predicted molar refractivity (Wildman–Crippen MR) is 46.5 cm³/mol. The first-order chi connectivity index (χ1) is 6.29. The fourth-order valence-corrected chi connectivity index (χ4v) is 1.18. The molecule has 0 saturated carbocycles. The van der Waals surface area contributed by atoms with Crippen molar-refractivity contribution in [1.82, 2.24) is 9.97 Å². The molecule has 0 radical (unpaired) electrons. The van der Waals surface area contributed by atoms with Crippen LogP contribution in [0, 0.1) is 0 Å². The number of carboxylic acids is 1. The van der Waals surface area contributed by atoms with Crippen molar-refractivity contribution in [2.75, 3.05) is 0 Å². The number of hydrogen-bond acceptors (Lipinski definition) is 3. The molecule has 0 aliphatic carbocycles. The standard InChI is InChI=1S/C9H6N2O2/c12-9(13)6-1-4-11-8-2-3-10-5-7(6)8/h1-5H,(H,12,13). The summed E-state index contributed by atoms with van der Waals surface area (Å²) in [6.45, 7) is 0. The Bertz CT molecular complexity index is 463. The largest absolute Gasteiger partial charge is 0.478 e. The Labute approximate surface area is 73.9 Å². The maximum absolute atomic E-state index is 10.8. The molecule has 0 unspecified atom stereocenters. The second-order valence-corrected chi connectivity index (χ2v) is 2.56. The van der Waals surface area contributed by atoms with Crippen LogP contribution in [0.1, 0.15) is 10.4 Å². The number of fused-ring (bicyclic) bond motifs is 1. The summed E-state index contributed by atoms with van der Waals surface area (Å²) in [6, 6.07) is 3.15. The van der Waals surface area contributed by atoms with Crippen molar-refractivity contribution in [1.29, 1.82) is 0 Å². The van der Waals surface area contributed by atoms with Crippen LogP contribution in [0.25, 0.3) is 10.9 Å². The van der Waals surface area contributed by atoms with E-state index < -0.39 is 5.97 Å². The molecule has 4 nitrogen and oxygen atoms in total. The molecule has 0 aliphatic rings. The van der Waals surface area contributed by atoms with Crippen molar-refractivity contribution >= 4 is 16.9 Å². The average molecular weight is 174 g/mol. The van der Waals surface area contributed by atoms with Crippen molar-refractivity contribution in [2.24, 2.45) is 0 Å². The highest BCUT2D eigenvalue weighted by Crippen LogP contribution is 2.14. The molecular weight excluding hydrogens is 168 g/mol. The van der Waals surface area contributed by atoms with Crippen LogP contribution in [-0.4, -0.2) is 21.0 Å². The lowest BCUT2D eigenvalue weighted by Crippen LogP contribution is -1.98. The van der Waals surface area contributed by atoms with E-state index >= 15 is 0 Å². The second kappa shape index (κ2) is 2.82. The van der Waals surface area contributed by atoms with Gasteiger partial charge in [-0.2, -0.15) is 0 Å². The Kier molecular flexibility index (Phi) is 1.66. The quantitative estimate of drug-likeness (QED) is 0.708. The molecule has 0 bridgehead atoms. The van der Waals surface area contributed by atoms with E-state index in [1.807, 2.05) is 0 Å². The molecule has 1 N–H and O–H groups in total. The Hall–Kier alpha value is -1.97. The lowest BCUT2D eigenvalue weighted by atomic mass is 10.1. The SMILES string of the molecule is O=C(O)c1ccnc2ccncc12. The molecule has 2 heterocycles. The van der Waals surface area contributed by atoms with Crippen LogP contribution in [0.4, 0.5) is 0 Å². The van der Waals surface area contributed by atoms with Crippen molar-refractivity contribution in [3.05, 3.63) is 36.3 Å². The van der Waals surface area contributed by atoms with Gasteiger partial charge in [0, 0.05) is 24.0 Å². The van der Waals surface area contributed by atoms with Crippen molar-refractivity contribution in [3.8, 4) is 0 Å². The van der Waals surface area contributed by atoms with Crippen molar-refractivity contribution in [3.63, 3.8) is 0 Å². The van der Waals surface area contributed by atoms with Gasteiger partial charge in [0.05, 0.1) is 11.1 Å². The van der Waals surface area contributed by atoms with Gasteiger partial charge in [-0.1, -0.05) is 0 Å². The molecule has 0 aliphatic heterocycles. The number of rotatable bonds is 1. The number of carbonyl (C=O) groups is 1. The van der Waals surface area contributed by atoms with Gasteiger partial charge < -0.3 is 5.11 Å². The van der Waals surface area contributed by atoms with E-state index in [1.54, 1.807) is 12.3 Å². The van der Waals surface area contributed by atoms with Gasteiger partial charge in [0.2, 0.25) is 0 Å². The van der Waals surface area contributed by atoms with E-state index in [-0.39, 0.29) is 5.56 Å². The number of aromatic carboxylic acids is 1. The molecule has 0 amide bonds. The molecule has 0 atom stereocenters. The Morgan fingerprint density at radius 1 is 1.31 bits per heavy atom. The summed E-state index contributed by atoms with van der Waals surface area (Å²) >= 11 is 0. The first kappa shape index (κ1) is 7.67. The number of nitrogens with zero attached hydrogens (tertiary/aromatic N) is 2. The Balaban J connectivity index is 2.83. The van der Waals surface area contributed by atoms with Gasteiger partial charge in [-0.3, -0.25) is 9.97 Å². The van der Waals surface area contributed by atoms with Gasteiger partial charge in [0.1, 0.15) is 0 Å². The molecule has 2 aromatic rings. The van der Waals surface area contributed by atoms with E-state index in [2.05, 4.69) is 9.97 Å². The monoisotopic (exact) mass is 174 g/mol. The summed E-state index contributed by atoms with van der Waals surface area (Å²) < 4.78 is 0. The van der Waals surface area contributed by atoms with Gasteiger partial charge in [-0.15, -0.1) is 0 Å². The predicted octanol–water partition coefficient (Wildman–Crippen LogP) is 1.33. The molecular formula is C9H6N2O2. The van der Waals surface area contributed by atoms with Crippen LogP contribution in [0.5, 0.6) is 0 Å². The van der Waals surface area contributed by atoms with Crippen molar-refractivity contribution < 1.29 is 9.90 Å². The summed E-state index contributed by atoms with van der Waals surface area (Å²) in [5.41, 5.74) is 0.882. The zero-order chi connectivity index (χ0) is 9.26. The van der Waals surface area contributed by atoms with Crippen LogP contribution in [0.15, 0.2) is 30.7 Å². The highest BCUT2D eigenvalue weighted by Gasteiger charge is 2.07. The maximum atomic E-state index is 10.8. The summed E-state index contributed by atoms with van der Waals surface area (Å²) in [7, 11) is 0. The first-order valence-corrected chi connectivity index (χ1v) is 3.71. The molecule has 2 rings (SSSR count). The second-order valence-electron chi connectivity index (χ2n) is 2.56. The first-order valence-electron chi connectivity index (χ1n) is 3.71. The minimum Gasteiger partial charge on any atom is -0.478 e. The summed E-state index contributed by atoms with van der Waals surface area (Å²) in [6.07, 6.45) is 4.57. The highest BCUT2D eigenvalue weighted by atomic mass is 16.4. The molecule has 0 saturated heterocycles. The van der Waals surface area contributed by atoms with E-state index in [1.165, 1.54) is 18.5 Å². The zero-order valence-electron chi connectivity index (χ0n) is 6.64. The maximum Gasteiger partial charge on any atom is 0.336 e. The van der Waals surface area contributed by atoms with E-state index in [0.717, 1.165) is 0 Å². The summed E-state index contributed by atoms with van der Waals surface area (Å²) in [5, 5.41) is 9.39. The fourth-order valence-electron chi connectivity index (χ4n) is 1.18. The van der Waals surface area contributed by atoms with Crippen LogP contribution < -0.4 is 0 Å². The lowest BCUT2D eigenvalue weighted by Gasteiger charge is -1.98. The summed E-state index contributed by atoms with van der Waals surface area (Å²) in [5.74, 6) is -0.958. The minimum absolute atomic E-state index is 0.234. The van der Waals surface area contributed by atoms with Crippen LogP contribution in [-0.2, 0) is 0 Å². The lowest BCUT2D eigenvalue weighted by molar-refractivity contribution is 0.0699. The molecule has 2 aromatic heterocycles. The number of carboxylic acid groups (broad SMARTS) is 1. The molecule has 64 valence electrons. The van der Waals surface area contributed by atoms with Crippen LogP contribution in [0.2, 0.25) is 0 Å². The van der Waals surface area contributed by atoms with E-state index in [9.17, 15) is 4.79 Å². The summed E-state index contributed by atoms with van der Waals surface area (Å²) in [4.78, 5) is 18.6. The zero-order valence-corrected chi connectivity index (χ0v) is 6.64. The smallest absolute Gasteiger partial charge is 0.336 e. The molecule has 13 heavy (non-hydrogen) atoms. The van der Waals surface area contributed by atoms with Gasteiger partial charge >= 0.3 is 5.97 Å². The van der Waals surface area contributed by atoms with Gasteiger partial charge in [0.25, 0.3) is 0 Å². The molecule has 4 heteroatoms. The fraction of sp³-hybridized carbons (Fsp3) is 0. The van der Waals surface area contributed by atoms with E-state index in [0.29, 0.717) is 10.9 Å². The molecule has 0 fully saturated rings. The normalized spacial score (nSPS) is 10.2. The third kappa shape index (κ3) is 1.22. The molecule has 0 aromatic carbocycles. The average Bonchev–Trinajstić information content (AvgIpc) is 2.17. The topological polar surface area (TPSA) is 63.1 Å². The van der Waals surface area contributed by atoms with Crippen LogP contribution in [0.3, 0.4) is 0 Å². The Morgan fingerprint density at radius 2 is 2.15 bits per heavy atom. The van der Waals surface area contributed by atoms with Crippen molar-refractivity contribution in [2.45, 2.75) is 0 Å². The van der Waals surface area contributed by atoms with Gasteiger partial charge in [0.15, 0.2) is 0 Å². The van der Waals surface area contributed by atoms with Crippen LogP contribution >= 0.6 is 0 Å². The molecule has 0 spiro atoms. The Morgan fingerprint density at radius 3 is 2.92 bits per heavy atom. The third-order valence-corrected chi connectivity index (χ3v) is 1.77. The minimum atomic E-state index is -0.958. The number of hydrogen-bond donors (Lipinski definition) is 1. The van der Waals surface area contributed by atoms with Gasteiger partial charge in [-0.05, 0) is 12.1 Å². The number of pyridine rings is 2. The highest BCUT2D eigenvalue weighted by molar-refractivity contribution is 6.01. The van der Waals surface area contributed by atoms with E-state index in [4.69, 9.17) is 5.11 Å².